The number of hydrogen-bond donors (Lipinski definition) is 2. The monoisotopic (exact) mass is 369 g/mol. The van der Waals surface area contributed by atoms with Gasteiger partial charge in [0.25, 0.3) is 11.8 Å². The predicted octanol–water partition coefficient (Wildman–Crippen LogP) is 2.03. The molecule has 8 heteroatoms. The first kappa shape index (κ1) is 18.4. The summed E-state index contributed by atoms with van der Waals surface area (Å²) in [5, 5.41) is 11.6. The molecule has 27 heavy (non-hydrogen) atoms. The Labute approximate surface area is 155 Å². The number of carbonyl (C=O) groups excluding carboxylic acids is 2. The second-order valence-corrected chi connectivity index (χ2v) is 6.07. The summed E-state index contributed by atoms with van der Waals surface area (Å²) < 4.78 is 5.52. The summed E-state index contributed by atoms with van der Waals surface area (Å²) in [5.74, 6) is -1.35. The quantitative estimate of drug-likeness (QED) is 0.806. The molecule has 2 aromatic rings. The van der Waals surface area contributed by atoms with Gasteiger partial charge in [-0.1, -0.05) is 12.1 Å². The van der Waals surface area contributed by atoms with Crippen LogP contribution >= 0.6 is 0 Å². The number of anilines is 1. The first-order chi connectivity index (χ1) is 13.0. The molecule has 0 aliphatic carbocycles. The second kappa shape index (κ2) is 8.31. The number of carboxylic acids is 1. The number of nitrogens with one attached hydrogen (secondary N) is 1. The third-order valence-corrected chi connectivity index (χ3v) is 4.11. The van der Waals surface area contributed by atoms with E-state index < -0.39 is 11.9 Å². The summed E-state index contributed by atoms with van der Waals surface area (Å²) in [6, 6.07) is 10.8. The minimum atomic E-state index is -1.21. The molecule has 0 atom stereocenters. The van der Waals surface area contributed by atoms with Crippen LogP contribution in [-0.4, -0.2) is 52.5 Å². The standard InChI is InChI=1S/C19H19N3O5/c23-17(22-9-1-2-10-22)12-27-14-6-3-5-13(11-14)20-18(24)15-7-4-8-16(21-15)19(25)26/h3-8,11H,1-2,9-10,12H2,(H,20,24)(H,25,26). The fourth-order valence-electron chi connectivity index (χ4n) is 2.74. The van der Waals surface area contributed by atoms with E-state index in [1.807, 2.05) is 0 Å². The van der Waals surface area contributed by atoms with E-state index in [1.165, 1.54) is 18.2 Å². The third kappa shape index (κ3) is 4.81. The molecule has 0 unspecified atom stereocenters. The summed E-state index contributed by atoms with van der Waals surface area (Å²) in [5.41, 5.74) is 0.235. The molecule has 2 heterocycles. The molecule has 8 nitrogen and oxygen atoms in total. The predicted molar refractivity (Wildman–Crippen MR) is 96.9 cm³/mol. The molecule has 3 rings (SSSR count). The fourth-order valence-corrected chi connectivity index (χ4v) is 2.74. The van der Waals surface area contributed by atoms with Gasteiger partial charge in [-0.3, -0.25) is 9.59 Å². The van der Waals surface area contributed by atoms with Gasteiger partial charge in [0.1, 0.15) is 17.1 Å². The Morgan fingerprint density at radius 1 is 1.07 bits per heavy atom. The number of benzene rings is 1. The lowest BCUT2D eigenvalue weighted by molar-refractivity contribution is -0.132. The average Bonchev–Trinajstić information content (AvgIpc) is 3.21. The lowest BCUT2D eigenvalue weighted by Crippen LogP contribution is -2.32. The van der Waals surface area contributed by atoms with Crippen LogP contribution in [0.15, 0.2) is 42.5 Å². The molecule has 0 saturated carbocycles. The molecule has 1 aliphatic heterocycles. The lowest BCUT2D eigenvalue weighted by Gasteiger charge is -2.15. The van der Waals surface area contributed by atoms with Crippen LogP contribution < -0.4 is 10.1 Å². The van der Waals surface area contributed by atoms with E-state index in [9.17, 15) is 14.4 Å². The largest absolute Gasteiger partial charge is 0.484 e. The highest BCUT2D eigenvalue weighted by atomic mass is 16.5. The number of hydrogen-bond acceptors (Lipinski definition) is 5. The second-order valence-electron chi connectivity index (χ2n) is 6.07. The highest BCUT2D eigenvalue weighted by Gasteiger charge is 2.18. The van der Waals surface area contributed by atoms with Crippen LogP contribution in [0.1, 0.15) is 33.8 Å². The Balaban J connectivity index is 1.61. The Bertz CT molecular complexity index is 862. The minimum absolute atomic E-state index is 0.00886. The maximum absolute atomic E-state index is 12.3. The number of carbonyl (C=O) groups is 3. The van der Waals surface area contributed by atoms with E-state index >= 15 is 0 Å². The Morgan fingerprint density at radius 2 is 1.78 bits per heavy atom. The zero-order chi connectivity index (χ0) is 19.2. The molecule has 0 bridgehead atoms. The zero-order valence-electron chi connectivity index (χ0n) is 14.6. The van der Waals surface area contributed by atoms with E-state index in [0.29, 0.717) is 11.4 Å². The maximum atomic E-state index is 12.3. The average molecular weight is 369 g/mol. The van der Waals surface area contributed by atoms with Crippen molar-refractivity contribution in [1.82, 2.24) is 9.88 Å². The van der Waals surface area contributed by atoms with Crippen LogP contribution in [0.5, 0.6) is 5.75 Å². The summed E-state index contributed by atoms with van der Waals surface area (Å²) in [6.45, 7) is 1.47. The molecule has 1 fully saturated rings. The van der Waals surface area contributed by atoms with Crippen molar-refractivity contribution in [2.75, 3.05) is 25.0 Å². The number of carboxylic acid groups (broad SMARTS) is 1. The van der Waals surface area contributed by atoms with Gasteiger partial charge >= 0.3 is 5.97 Å². The molecule has 0 radical (unpaired) electrons. The number of ether oxygens (including phenoxy) is 1. The Kier molecular flexibility index (Phi) is 5.65. The van der Waals surface area contributed by atoms with Crippen molar-refractivity contribution < 1.29 is 24.2 Å². The Hall–Kier alpha value is -3.42. The van der Waals surface area contributed by atoms with Gasteiger partial charge in [0, 0.05) is 24.8 Å². The molecule has 2 N–H and O–H groups in total. The van der Waals surface area contributed by atoms with Gasteiger partial charge in [-0.25, -0.2) is 9.78 Å². The smallest absolute Gasteiger partial charge is 0.354 e. The van der Waals surface area contributed by atoms with Gasteiger partial charge < -0.3 is 20.1 Å². The van der Waals surface area contributed by atoms with Crippen LogP contribution in [-0.2, 0) is 4.79 Å². The van der Waals surface area contributed by atoms with Crippen molar-refractivity contribution >= 4 is 23.5 Å². The number of nitrogens with zero attached hydrogens (tertiary/aromatic N) is 2. The summed E-state index contributed by atoms with van der Waals surface area (Å²) in [7, 11) is 0. The molecular weight excluding hydrogens is 350 g/mol. The van der Waals surface area contributed by atoms with Gasteiger partial charge in [0.2, 0.25) is 0 Å². The molecule has 1 aliphatic rings. The van der Waals surface area contributed by atoms with Crippen molar-refractivity contribution in [3.8, 4) is 5.75 Å². The van der Waals surface area contributed by atoms with E-state index in [-0.39, 0.29) is 23.9 Å². The number of rotatable bonds is 6. The van der Waals surface area contributed by atoms with E-state index in [4.69, 9.17) is 9.84 Å². The Morgan fingerprint density at radius 3 is 2.52 bits per heavy atom. The van der Waals surface area contributed by atoms with Gasteiger partial charge in [-0.2, -0.15) is 0 Å². The number of amides is 2. The van der Waals surface area contributed by atoms with Crippen LogP contribution in [0.25, 0.3) is 0 Å². The van der Waals surface area contributed by atoms with E-state index in [1.54, 1.807) is 29.2 Å². The summed E-state index contributed by atoms with van der Waals surface area (Å²) in [4.78, 5) is 40.8. The van der Waals surface area contributed by atoms with Gasteiger partial charge in [-0.05, 0) is 37.1 Å². The normalized spacial score (nSPS) is 13.3. The van der Waals surface area contributed by atoms with Crippen molar-refractivity contribution in [2.45, 2.75) is 12.8 Å². The SMILES string of the molecule is O=C(O)c1cccc(C(=O)Nc2cccc(OCC(=O)N3CCCC3)c2)n1. The molecule has 1 saturated heterocycles. The van der Waals surface area contributed by atoms with Crippen molar-refractivity contribution in [3.63, 3.8) is 0 Å². The molecule has 140 valence electrons. The molecular formula is C19H19N3O5. The lowest BCUT2D eigenvalue weighted by atomic mass is 10.2. The first-order valence-electron chi connectivity index (χ1n) is 8.55. The van der Waals surface area contributed by atoms with Crippen molar-refractivity contribution in [1.29, 1.82) is 0 Å². The topological polar surface area (TPSA) is 109 Å². The molecule has 1 aromatic heterocycles. The minimum Gasteiger partial charge on any atom is -0.484 e. The molecule has 0 spiro atoms. The number of pyridine rings is 1. The number of aromatic carboxylic acids is 1. The number of aromatic nitrogens is 1. The van der Waals surface area contributed by atoms with Gasteiger partial charge in [0.15, 0.2) is 6.61 Å². The highest BCUT2D eigenvalue weighted by molar-refractivity contribution is 6.03. The van der Waals surface area contributed by atoms with Crippen LogP contribution in [0.2, 0.25) is 0 Å². The first-order valence-corrected chi connectivity index (χ1v) is 8.55. The summed E-state index contributed by atoms with van der Waals surface area (Å²) >= 11 is 0. The number of likely N-dealkylation sites (tertiary alicyclic amines) is 1. The molecule has 1 aromatic carbocycles. The zero-order valence-corrected chi connectivity index (χ0v) is 14.6. The van der Waals surface area contributed by atoms with Crippen molar-refractivity contribution in [3.05, 3.63) is 53.9 Å². The third-order valence-electron chi connectivity index (χ3n) is 4.11. The van der Waals surface area contributed by atoms with Crippen LogP contribution in [0.3, 0.4) is 0 Å². The molecule has 2 amide bonds. The summed E-state index contributed by atoms with van der Waals surface area (Å²) in [6.07, 6.45) is 2.04. The van der Waals surface area contributed by atoms with Crippen LogP contribution in [0, 0.1) is 0 Å². The maximum Gasteiger partial charge on any atom is 0.354 e. The highest BCUT2D eigenvalue weighted by Crippen LogP contribution is 2.18. The van der Waals surface area contributed by atoms with E-state index in [2.05, 4.69) is 10.3 Å². The fraction of sp³-hybridized carbons (Fsp3) is 0.263. The van der Waals surface area contributed by atoms with Crippen molar-refractivity contribution in [2.24, 2.45) is 0 Å². The van der Waals surface area contributed by atoms with Gasteiger partial charge in [0.05, 0.1) is 0 Å². The van der Waals surface area contributed by atoms with E-state index in [0.717, 1.165) is 25.9 Å². The van der Waals surface area contributed by atoms with Crippen LogP contribution in [0.4, 0.5) is 5.69 Å². The van der Waals surface area contributed by atoms with Gasteiger partial charge in [-0.15, -0.1) is 0 Å².